The monoisotopic (exact) mass is 267 g/mol. The Kier molecular flexibility index (Phi) is 6.59. The van der Waals surface area contributed by atoms with Crippen LogP contribution in [0, 0.1) is 0 Å². The van der Waals surface area contributed by atoms with Crippen LogP contribution < -0.4 is 5.32 Å². The SMILES string of the molecule is CCCNC(CCC(C)(C)OC)c1ccoc1CC. The van der Waals surface area contributed by atoms with Crippen LogP contribution in [0.1, 0.15) is 64.3 Å². The minimum Gasteiger partial charge on any atom is -0.469 e. The van der Waals surface area contributed by atoms with Crippen LogP contribution in [0.25, 0.3) is 0 Å². The lowest BCUT2D eigenvalue weighted by molar-refractivity contribution is 0.0116. The van der Waals surface area contributed by atoms with E-state index in [4.69, 9.17) is 9.15 Å². The second kappa shape index (κ2) is 7.71. The van der Waals surface area contributed by atoms with E-state index >= 15 is 0 Å². The van der Waals surface area contributed by atoms with Gasteiger partial charge in [-0.2, -0.15) is 0 Å². The Morgan fingerprint density at radius 2 is 2.11 bits per heavy atom. The molecule has 1 rings (SSSR count). The molecule has 1 unspecified atom stereocenters. The zero-order chi connectivity index (χ0) is 14.3. The highest BCUT2D eigenvalue weighted by Crippen LogP contribution is 2.27. The molecule has 0 aliphatic rings. The molecule has 0 saturated carbocycles. The van der Waals surface area contributed by atoms with Crippen molar-refractivity contribution in [1.29, 1.82) is 0 Å². The van der Waals surface area contributed by atoms with Gasteiger partial charge in [0.15, 0.2) is 0 Å². The maximum Gasteiger partial charge on any atom is 0.108 e. The number of ether oxygens (including phenoxy) is 1. The summed E-state index contributed by atoms with van der Waals surface area (Å²) < 4.78 is 11.1. The van der Waals surface area contributed by atoms with E-state index in [0.717, 1.165) is 38.0 Å². The predicted molar refractivity (Wildman–Crippen MR) is 79.4 cm³/mol. The lowest BCUT2D eigenvalue weighted by Crippen LogP contribution is -2.28. The smallest absolute Gasteiger partial charge is 0.108 e. The lowest BCUT2D eigenvalue weighted by atomic mass is 9.94. The summed E-state index contributed by atoms with van der Waals surface area (Å²) in [6, 6.07) is 2.47. The standard InChI is InChI=1S/C16H29NO2/c1-6-11-17-14(8-10-16(3,4)18-5)13-9-12-19-15(13)7-2/h9,12,14,17H,6-8,10-11H2,1-5H3. The molecule has 0 bridgehead atoms. The van der Waals surface area contributed by atoms with Crippen molar-refractivity contribution in [2.24, 2.45) is 0 Å². The summed E-state index contributed by atoms with van der Waals surface area (Å²) in [5.74, 6) is 1.10. The van der Waals surface area contributed by atoms with Gasteiger partial charge in [0.2, 0.25) is 0 Å². The Labute approximate surface area is 117 Å². The molecule has 0 radical (unpaired) electrons. The lowest BCUT2D eigenvalue weighted by Gasteiger charge is -2.26. The Morgan fingerprint density at radius 3 is 2.68 bits per heavy atom. The summed E-state index contributed by atoms with van der Waals surface area (Å²) in [5, 5.41) is 3.63. The van der Waals surface area contributed by atoms with E-state index in [9.17, 15) is 0 Å². The molecular formula is C16H29NO2. The predicted octanol–water partition coefficient (Wildman–Crippen LogP) is 4.09. The van der Waals surface area contributed by atoms with Gasteiger partial charge >= 0.3 is 0 Å². The van der Waals surface area contributed by atoms with Gasteiger partial charge in [-0.25, -0.2) is 0 Å². The van der Waals surface area contributed by atoms with Crippen molar-refractivity contribution in [2.75, 3.05) is 13.7 Å². The van der Waals surface area contributed by atoms with Crippen molar-refractivity contribution < 1.29 is 9.15 Å². The molecule has 110 valence electrons. The summed E-state index contributed by atoms with van der Waals surface area (Å²) in [7, 11) is 1.78. The molecule has 3 nitrogen and oxygen atoms in total. The summed E-state index contributed by atoms with van der Waals surface area (Å²) in [5.41, 5.74) is 1.24. The normalized spacial score (nSPS) is 13.7. The molecule has 1 aromatic heterocycles. The number of aryl methyl sites for hydroxylation is 1. The Balaban J connectivity index is 2.72. The summed E-state index contributed by atoms with van der Waals surface area (Å²) in [6.07, 6.45) is 5.98. The molecule has 0 aromatic carbocycles. The minimum atomic E-state index is -0.0672. The second-order valence-electron chi connectivity index (χ2n) is 5.66. The van der Waals surface area contributed by atoms with Crippen LogP contribution in [0.15, 0.2) is 16.7 Å². The van der Waals surface area contributed by atoms with Gasteiger partial charge in [0.25, 0.3) is 0 Å². The highest BCUT2D eigenvalue weighted by molar-refractivity contribution is 5.21. The Hall–Kier alpha value is -0.800. The number of hydrogen-bond acceptors (Lipinski definition) is 3. The van der Waals surface area contributed by atoms with Gasteiger partial charge in [-0.15, -0.1) is 0 Å². The van der Waals surface area contributed by atoms with E-state index in [0.29, 0.717) is 6.04 Å². The Morgan fingerprint density at radius 1 is 1.37 bits per heavy atom. The topological polar surface area (TPSA) is 34.4 Å². The van der Waals surface area contributed by atoms with Crippen molar-refractivity contribution in [3.63, 3.8) is 0 Å². The van der Waals surface area contributed by atoms with Crippen LogP contribution >= 0.6 is 0 Å². The minimum absolute atomic E-state index is 0.0672. The molecule has 0 aliphatic carbocycles. The number of methoxy groups -OCH3 is 1. The van der Waals surface area contributed by atoms with Crippen LogP contribution in [0.4, 0.5) is 0 Å². The maximum atomic E-state index is 5.56. The van der Waals surface area contributed by atoms with E-state index in [2.05, 4.69) is 39.1 Å². The van der Waals surface area contributed by atoms with Gasteiger partial charge in [-0.1, -0.05) is 13.8 Å². The fourth-order valence-electron chi connectivity index (χ4n) is 2.23. The van der Waals surface area contributed by atoms with E-state index in [1.54, 1.807) is 13.4 Å². The molecule has 0 aliphatic heterocycles. The molecule has 1 atom stereocenters. The zero-order valence-corrected chi connectivity index (χ0v) is 13.1. The van der Waals surface area contributed by atoms with Gasteiger partial charge in [-0.05, 0) is 45.7 Å². The first-order valence-corrected chi connectivity index (χ1v) is 7.38. The highest BCUT2D eigenvalue weighted by Gasteiger charge is 2.22. The molecule has 0 spiro atoms. The van der Waals surface area contributed by atoms with Crippen LogP contribution in [-0.2, 0) is 11.2 Å². The maximum absolute atomic E-state index is 5.56. The number of nitrogens with one attached hydrogen (secondary N) is 1. The van der Waals surface area contributed by atoms with Gasteiger partial charge < -0.3 is 14.5 Å². The average molecular weight is 267 g/mol. The highest BCUT2D eigenvalue weighted by atomic mass is 16.5. The fraction of sp³-hybridized carbons (Fsp3) is 0.750. The van der Waals surface area contributed by atoms with Crippen molar-refractivity contribution in [2.45, 2.75) is 65.0 Å². The third-order valence-corrected chi connectivity index (χ3v) is 3.70. The molecule has 1 aromatic rings. The Bertz CT molecular complexity index is 357. The fourth-order valence-corrected chi connectivity index (χ4v) is 2.23. The van der Waals surface area contributed by atoms with Crippen LogP contribution in [0.2, 0.25) is 0 Å². The first-order valence-electron chi connectivity index (χ1n) is 7.38. The number of hydrogen-bond donors (Lipinski definition) is 1. The first-order chi connectivity index (χ1) is 9.04. The largest absolute Gasteiger partial charge is 0.469 e. The van der Waals surface area contributed by atoms with E-state index in [-0.39, 0.29) is 5.60 Å². The van der Waals surface area contributed by atoms with Crippen molar-refractivity contribution in [3.8, 4) is 0 Å². The molecular weight excluding hydrogens is 238 g/mol. The quantitative estimate of drug-likeness (QED) is 0.732. The van der Waals surface area contributed by atoms with Crippen LogP contribution in [0.3, 0.4) is 0 Å². The van der Waals surface area contributed by atoms with Crippen molar-refractivity contribution in [1.82, 2.24) is 5.32 Å². The first kappa shape index (κ1) is 16.3. The third-order valence-electron chi connectivity index (χ3n) is 3.70. The molecule has 0 saturated heterocycles. The zero-order valence-electron chi connectivity index (χ0n) is 13.1. The van der Waals surface area contributed by atoms with Crippen molar-refractivity contribution in [3.05, 3.63) is 23.7 Å². The van der Waals surface area contributed by atoms with E-state index in [1.165, 1.54) is 5.56 Å². The van der Waals surface area contributed by atoms with Crippen LogP contribution in [-0.4, -0.2) is 19.3 Å². The molecule has 1 N–H and O–H groups in total. The molecule has 0 amide bonds. The summed E-state index contributed by atoms with van der Waals surface area (Å²) in [4.78, 5) is 0. The number of furan rings is 1. The molecule has 3 heteroatoms. The van der Waals surface area contributed by atoms with Gasteiger partial charge in [0.05, 0.1) is 11.9 Å². The van der Waals surface area contributed by atoms with Crippen molar-refractivity contribution >= 4 is 0 Å². The summed E-state index contributed by atoms with van der Waals surface area (Å²) in [6.45, 7) is 9.64. The molecule has 0 fully saturated rings. The van der Waals surface area contributed by atoms with Gasteiger partial charge in [-0.3, -0.25) is 0 Å². The second-order valence-corrected chi connectivity index (χ2v) is 5.66. The average Bonchev–Trinajstić information content (AvgIpc) is 2.87. The summed E-state index contributed by atoms with van der Waals surface area (Å²) >= 11 is 0. The van der Waals surface area contributed by atoms with Gasteiger partial charge in [0.1, 0.15) is 5.76 Å². The van der Waals surface area contributed by atoms with Crippen LogP contribution in [0.5, 0.6) is 0 Å². The number of rotatable bonds is 9. The van der Waals surface area contributed by atoms with E-state index < -0.39 is 0 Å². The third kappa shape index (κ3) is 5.00. The molecule has 1 heterocycles. The van der Waals surface area contributed by atoms with E-state index in [1.807, 2.05) is 0 Å². The molecule has 19 heavy (non-hydrogen) atoms. The van der Waals surface area contributed by atoms with Gasteiger partial charge in [0, 0.05) is 25.1 Å².